The van der Waals surface area contributed by atoms with Gasteiger partial charge in [0.1, 0.15) is 0 Å². The summed E-state index contributed by atoms with van der Waals surface area (Å²) < 4.78 is 13.9. The zero-order valence-electron chi connectivity index (χ0n) is 8.01. The molecule has 2 aromatic rings. The lowest BCUT2D eigenvalue weighted by molar-refractivity contribution is 0.539. The molecule has 0 fully saturated rings. The van der Waals surface area contributed by atoms with E-state index in [1.54, 1.807) is 19.3 Å². The lowest BCUT2D eigenvalue weighted by Crippen LogP contribution is -2.14. The first-order chi connectivity index (χ1) is 7.16. The molecule has 0 aromatic carbocycles. The molecular formula is C10H8FN3O. The molecule has 4 nitrogen and oxygen atoms in total. The fourth-order valence-electron chi connectivity index (χ4n) is 1.19. The van der Waals surface area contributed by atoms with Crippen LogP contribution in [0.4, 0.5) is 4.39 Å². The molecule has 0 aliphatic heterocycles. The molecule has 0 saturated heterocycles. The van der Waals surface area contributed by atoms with Crippen molar-refractivity contribution < 1.29 is 4.39 Å². The molecule has 0 atom stereocenters. The van der Waals surface area contributed by atoms with Gasteiger partial charge in [-0.3, -0.25) is 4.79 Å². The Labute approximate surface area is 85.0 Å². The second kappa shape index (κ2) is 3.61. The molecule has 0 radical (unpaired) electrons. The highest BCUT2D eigenvalue weighted by Crippen LogP contribution is 2.14. The van der Waals surface area contributed by atoms with Gasteiger partial charge in [-0.15, -0.1) is 0 Å². The zero-order chi connectivity index (χ0) is 10.8. The third-order valence-electron chi connectivity index (χ3n) is 2.06. The molecule has 0 saturated carbocycles. The fourth-order valence-corrected chi connectivity index (χ4v) is 1.19. The van der Waals surface area contributed by atoms with E-state index < -0.39 is 6.08 Å². The predicted molar refractivity (Wildman–Crippen MR) is 52.7 cm³/mol. The quantitative estimate of drug-likeness (QED) is 0.652. The molecule has 76 valence electrons. The van der Waals surface area contributed by atoms with Gasteiger partial charge in [0.25, 0.3) is 5.56 Å². The minimum absolute atomic E-state index is 0.128. The van der Waals surface area contributed by atoms with Gasteiger partial charge in [-0.05, 0) is 11.6 Å². The summed E-state index contributed by atoms with van der Waals surface area (Å²) >= 11 is 0. The fraction of sp³-hybridized carbons (Fsp3) is 0.100. The summed E-state index contributed by atoms with van der Waals surface area (Å²) in [7, 11) is 1.66. The van der Waals surface area contributed by atoms with Gasteiger partial charge in [-0.2, -0.15) is 4.39 Å². The summed E-state index contributed by atoms with van der Waals surface area (Å²) in [5.74, 6) is 0. The molecule has 0 amide bonds. The molecule has 0 N–H and O–H groups in total. The molecular weight excluding hydrogens is 197 g/mol. The third-order valence-corrected chi connectivity index (χ3v) is 2.06. The number of rotatable bonds is 1. The minimum Gasteiger partial charge on any atom is -0.319 e. The Hall–Kier alpha value is -2.04. The van der Waals surface area contributed by atoms with Gasteiger partial charge in [0.15, 0.2) is 0 Å². The van der Waals surface area contributed by atoms with Gasteiger partial charge >= 0.3 is 6.08 Å². The number of hydrogen-bond acceptors (Lipinski definition) is 3. The van der Waals surface area contributed by atoms with Gasteiger partial charge in [0.05, 0.1) is 0 Å². The van der Waals surface area contributed by atoms with Gasteiger partial charge in [-0.25, -0.2) is 9.97 Å². The van der Waals surface area contributed by atoms with Crippen LogP contribution in [0.1, 0.15) is 0 Å². The van der Waals surface area contributed by atoms with E-state index in [0.717, 1.165) is 0 Å². The molecule has 0 aliphatic carbocycles. The van der Waals surface area contributed by atoms with Crippen LogP contribution >= 0.6 is 0 Å². The standard InChI is InChI=1S/C10H8FN3O/c1-14-3-2-7(4-9(14)15)8-5-12-10(11)13-6-8/h2-6H,1H3. The highest BCUT2D eigenvalue weighted by atomic mass is 19.1. The molecule has 2 aromatic heterocycles. The van der Waals surface area contributed by atoms with Gasteiger partial charge in [0.2, 0.25) is 0 Å². The molecule has 0 spiro atoms. The van der Waals surface area contributed by atoms with Crippen molar-refractivity contribution in [3.63, 3.8) is 0 Å². The summed E-state index contributed by atoms with van der Waals surface area (Å²) in [6.45, 7) is 0. The summed E-state index contributed by atoms with van der Waals surface area (Å²) in [6.07, 6.45) is 3.55. The van der Waals surface area contributed by atoms with E-state index >= 15 is 0 Å². The number of pyridine rings is 1. The maximum absolute atomic E-state index is 12.5. The van der Waals surface area contributed by atoms with Gasteiger partial charge in [-0.1, -0.05) is 0 Å². The predicted octanol–water partition coefficient (Wildman–Crippen LogP) is 0.981. The van der Waals surface area contributed by atoms with Crippen LogP contribution < -0.4 is 5.56 Å². The van der Waals surface area contributed by atoms with Crippen molar-refractivity contribution in [2.45, 2.75) is 0 Å². The Morgan fingerprint density at radius 3 is 2.53 bits per heavy atom. The first kappa shape index (κ1) is 9.51. The Balaban J connectivity index is 2.50. The van der Waals surface area contributed by atoms with Crippen LogP contribution in [-0.4, -0.2) is 14.5 Å². The van der Waals surface area contributed by atoms with Crippen LogP contribution in [0, 0.1) is 6.08 Å². The molecule has 0 unspecified atom stereocenters. The van der Waals surface area contributed by atoms with Crippen LogP contribution in [0.2, 0.25) is 0 Å². The van der Waals surface area contributed by atoms with E-state index in [-0.39, 0.29) is 5.56 Å². The Bertz CT molecular complexity index is 533. The van der Waals surface area contributed by atoms with Crippen molar-refractivity contribution >= 4 is 0 Å². The number of hydrogen-bond donors (Lipinski definition) is 0. The summed E-state index contributed by atoms with van der Waals surface area (Å²) in [6, 6.07) is 3.20. The van der Waals surface area contributed by atoms with E-state index in [0.29, 0.717) is 11.1 Å². The number of halogens is 1. The second-order valence-electron chi connectivity index (χ2n) is 3.11. The van der Waals surface area contributed by atoms with Crippen molar-refractivity contribution in [3.8, 4) is 11.1 Å². The molecule has 5 heteroatoms. The Morgan fingerprint density at radius 1 is 1.27 bits per heavy atom. The van der Waals surface area contributed by atoms with Crippen molar-refractivity contribution in [3.05, 3.63) is 47.2 Å². The number of aryl methyl sites for hydroxylation is 1. The topological polar surface area (TPSA) is 47.8 Å². The van der Waals surface area contributed by atoms with Crippen LogP contribution in [-0.2, 0) is 7.05 Å². The summed E-state index contributed by atoms with van der Waals surface area (Å²) in [5.41, 5.74) is 1.17. The van der Waals surface area contributed by atoms with E-state index in [1.807, 2.05) is 0 Å². The van der Waals surface area contributed by atoms with Crippen LogP contribution in [0.5, 0.6) is 0 Å². The van der Waals surface area contributed by atoms with Crippen molar-refractivity contribution in [2.24, 2.45) is 7.05 Å². The van der Waals surface area contributed by atoms with E-state index in [4.69, 9.17) is 0 Å². The molecule has 15 heavy (non-hydrogen) atoms. The third kappa shape index (κ3) is 1.90. The monoisotopic (exact) mass is 205 g/mol. The zero-order valence-corrected chi connectivity index (χ0v) is 8.01. The Kier molecular flexibility index (Phi) is 2.29. The summed E-state index contributed by atoms with van der Waals surface area (Å²) in [5, 5.41) is 0. The van der Waals surface area contributed by atoms with Gasteiger partial charge in [0, 0.05) is 37.3 Å². The molecule has 2 heterocycles. The lowest BCUT2D eigenvalue weighted by Gasteiger charge is -2.01. The van der Waals surface area contributed by atoms with Crippen molar-refractivity contribution in [2.75, 3.05) is 0 Å². The largest absolute Gasteiger partial charge is 0.319 e. The first-order valence-corrected chi connectivity index (χ1v) is 4.31. The van der Waals surface area contributed by atoms with Crippen molar-refractivity contribution in [1.82, 2.24) is 14.5 Å². The van der Waals surface area contributed by atoms with Crippen LogP contribution in [0.3, 0.4) is 0 Å². The Morgan fingerprint density at radius 2 is 1.93 bits per heavy atom. The van der Waals surface area contributed by atoms with Crippen molar-refractivity contribution in [1.29, 1.82) is 0 Å². The summed E-state index contributed by atoms with van der Waals surface area (Å²) in [4.78, 5) is 18.2. The van der Waals surface area contributed by atoms with Crippen LogP contribution in [0.25, 0.3) is 11.1 Å². The van der Waals surface area contributed by atoms with E-state index in [2.05, 4.69) is 9.97 Å². The van der Waals surface area contributed by atoms with E-state index in [1.165, 1.54) is 23.0 Å². The van der Waals surface area contributed by atoms with Crippen LogP contribution in [0.15, 0.2) is 35.5 Å². The minimum atomic E-state index is -0.775. The molecule has 0 bridgehead atoms. The highest BCUT2D eigenvalue weighted by Gasteiger charge is 2.01. The average Bonchev–Trinajstić information content (AvgIpc) is 2.23. The van der Waals surface area contributed by atoms with E-state index in [9.17, 15) is 9.18 Å². The first-order valence-electron chi connectivity index (χ1n) is 4.31. The maximum Gasteiger partial charge on any atom is 0.308 e. The molecule has 0 aliphatic rings. The second-order valence-corrected chi connectivity index (χ2v) is 3.11. The number of nitrogens with zero attached hydrogens (tertiary/aromatic N) is 3. The maximum atomic E-state index is 12.5. The van der Waals surface area contributed by atoms with Gasteiger partial charge < -0.3 is 4.57 Å². The average molecular weight is 205 g/mol. The number of aromatic nitrogens is 3. The highest BCUT2D eigenvalue weighted by molar-refractivity contribution is 5.60. The SMILES string of the molecule is Cn1ccc(-c2cnc(F)nc2)cc1=O. The molecule has 2 rings (SSSR count). The lowest BCUT2D eigenvalue weighted by atomic mass is 10.1. The smallest absolute Gasteiger partial charge is 0.308 e. The normalized spacial score (nSPS) is 10.3.